The molecule has 6 nitrogen and oxygen atoms in total. The summed E-state index contributed by atoms with van der Waals surface area (Å²) in [6.07, 6.45) is 0.324. The quantitative estimate of drug-likeness (QED) is 0.520. The lowest BCUT2D eigenvalue weighted by molar-refractivity contribution is -0.197. The first kappa shape index (κ1) is 27.1. The zero-order valence-corrected chi connectivity index (χ0v) is 22.9. The highest BCUT2D eigenvalue weighted by Gasteiger charge is 2.73. The van der Waals surface area contributed by atoms with E-state index in [0.29, 0.717) is 43.5 Å². The summed E-state index contributed by atoms with van der Waals surface area (Å²) in [5, 5.41) is 23.2. The van der Waals surface area contributed by atoms with E-state index in [1.807, 2.05) is 27.0 Å². The maximum absolute atomic E-state index is 13.8. The molecule has 1 saturated carbocycles. The number of amides is 1. The first-order valence-electron chi connectivity index (χ1n) is 14.0. The van der Waals surface area contributed by atoms with Crippen LogP contribution in [-0.2, 0) is 22.8 Å². The Bertz CT molecular complexity index is 1360. The summed E-state index contributed by atoms with van der Waals surface area (Å²) >= 11 is 0. The second-order valence-corrected chi connectivity index (χ2v) is 12.3. The van der Waals surface area contributed by atoms with E-state index in [1.54, 1.807) is 11.0 Å². The molecule has 2 N–H and O–H groups in total. The average molecular weight is 557 g/mol. The van der Waals surface area contributed by atoms with Gasteiger partial charge in [-0.2, -0.15) is 13.2 Å². The highest BCUT2D eigenvalue weighted by Crippen LogP contribution is 2.65. The van der Waals surface area contributed by atoms with E-state index in [-0.39, 0.29) is 29.7 Å². The van der Waals surface area contributed by atoms with Gasteiger partial charge in [-0.05, 0) is 80.6 Å². The second-order valence-electron chi connectivity index (χ2n) is 12.3. The van der Waals surface area contributed by atoms with Gasteiger partial charge < -0.3 is 24.7 Å². The molecule has 2 aromatic rings. The van der Waals surface area contributed by atoms with Gasteiger partial charge in [0, 0.05) is 24.2 Å². The molecule has 0 radical (unpaired) electrons. The van der Waals surface area contributed by atoms with Crippen LogP contribution in [0.15, 0.2) is 42.5 Å². The first-order chi connectivity index (χ1) is 18.9. The monoisotopic (exact) mass is 556 g/mol. The maximum atomic E-state index is 13.8. The Labute approximate surface area is 232 Å². The van der Waals surface area contributed by atoms with E-state index >= 15 is 0 Å². The maximum Gasteiger partial charge on any atom is 0.416 e. The molecule has 40 heavy (non-hydrogen) atoms. The van der Waals surface area contributed by atoms with Gasteiger partial charge in [0.25, 0.3) is 0 Å². The fourth-order valence-electron chi connectivity index (χ4n) is 7.87. The number of phenols is 1. The van der Waals surface area contributed by atoms with Gasteiger partial charge in [-0.1, -0.05) is 32.0 Å². The zero-order valence-electron chi connectivity index (χ0n) is 22.9. The van der Waals surface area contributed by atoms with Crippen LogP contribution in [-0.4, -0.2) is 69.8 Å². The molecule has 1 saturated heterocycles. The topological polar surface area (TPSA) is 73.2 Å². The minimum absolute atomic E-state index is 0.0462. The third-order valence-electron chi connectivity index (χ3n) is 9.60. The molecule has 2 unspecified atom stereocenters. The van der Waals surface area contributed by atoms with Gasteiger partial charge in [0.15, 0.2) is 11.5 Å². The van der Waals surface area contributed by atoms with Gasteiger partial charge in [0.1, 0.15) is 6.10 Å². The third kappa shape index (κ3) is 3.88. The van der Waals surface area contributed by atoms with E-state index < -0.39 is 28.9 Å². The summed E-state index contributed by atoms with van der Waals surface area (Å²) in [6, 6.07) is 7.84. The number of carbonyl (C=O) groups is 1. The molecule has 9 heteroatoms. The van der Waals surface area contributed by atoms with Crippen molar-refractivity contribution in [3.63, 3.8) is 0 Å². The molecule has 2 aliphatic heterocycles. The van der Waals surface area contributed by atoms with Crippen LogP contribution in [0.1, 0.15) is 55.4 Å². The Balaban J connectivity index is 1.36. The second kappa shape index (κ2) is 9.24. The van der Waals surface area contributed by atoms with Crippen molar-refractivity contribution in [2.24, 2.45) is 5.92 Å². The number of benzene rings is 2. The van der Waals surface area contributed by atoms with Gasteiger partial charge in [-0.15, -0.1) is 0 Å². The SMILES string of the molecule is CC(C)CN(C(=O)/C=C/c1ccc(C(F)(F)F)cc1)C1CC[C@@]2(O)[C@H]3Cc4ccc(O)c5c4[C@@]2(CCN3C)C1O5. The van der Waals surface area contributed by atoms with E-state index in [9.17, 15) is 28.2 Å². The number of nitrogens with zero attached hydrogens (tertiary/aromatic N) is 2. The highest BCUT2D eigenvalue weighted by atomic mass is 19.4. The summed E-state index contributed by atoms with van der Waals surface area (Å²) < 4.78 is 45.5. The number of alkyl halides is 3. The number of hydrogen-bond acceptors (Lipinski definition) is 5. The van der Waals surface area contributed by atoms with Gasteiger partial charge in [-0.3, -0.25) is 4.79 Å². The molecule has 2 aromatic carbocycles. The van der Waals surface area contributed by atoms with Gasteiger partial charge in [0.05, 0.1) is 22.6 Å². The first-order valence-corrected chi connectivity index (χ1v) is 14.0. The number of carbonyl (C=O) groups excluding carboxylic acids is 1. The lowest BCUT2D eigenvalue weighted by atomic mass is 9.48. The van der Waals surface area contributed by atoms with Crippen LogP contribution in [0, 0.1) is 5.92 Å². The molecule has 1 amide bonds. The van der Waals surface area contributed by atoms with Crippen LogP contribution in [0.5, 0.6) is 11.5 Å². The Kier molecular flexibility index (Phi) is 6.27. The Morgan fingerprint density at radius 1 is 1.20 bits per heavy atom. The number of halogens is 3. The van der Waals surface area contributed by atoms with Crippen LogP contribution >= 0.6 is 0 Å². The Morgan fingerprint density at radius 3 is 2.60 bits per heavy atom. The Hall–Kier alpha value is -3.04. The number of rotatable bonds is 5. The molecule has 4 aliphatic rings. The predicted molar refractivity (Wildman–Crippen MR) is 144 cm³/mol. The normalized spacial score (nSPS) is 30.9. The largest absolute Gasteiger partial charge is 0.504 e. The molecule has 2 fully saturated rings. The zero-order chi connectivity index (χ0) is 28.6. The summed E-state index contributed by atoms with van der Waals surface area (Å²) in [6.45, 7) is 5.27. The number of phenolic OH excluding ortho intramolecular Hbond substituents is 1. The van der Waals surface area contributed by atoms with Gasteiger partial charge in [-0.25, -0.2) is 0 Å². The van der Waals surface area contributed by atoms with Crippen LogP contribution in [0.25, 0.3) is 6.08 Å². The number of hydrogen-bond donors (Lipinski definition) is 2. The fourth-order valence-corrected chi connectivity index (χ4v) is 7.87. The van der Waals surface area contributed by atoms with Crippen LogP contribution in [0.2, 0.25) is 0 Å². The molecule has 1 spiro atoms. The van der Waals surface area contributed by atoms with Crippen molar-refractivity contribution < 1.29 is 32.9 Å². The van der Waals surface area contributed by atoms with Gasteiger partial charge in [0.2, 0.25) is 5.91 Å². The van der Waals surface area contributed by atoms with Crippen molar-refractivity contribution in [3.05, 3.63) is 64.7 Å². The summed E-state index contributed by atoms with van der Waals surface area (Å²) in [5.41, 5.74) is -0.0905. The Morgan fingerprint density at radius 2 is 1.93 bits per heavy atom. The number of ether oxygens (including phenoxy) is 1. The fraction of sp³-hybridized carbons (Fsp3) is 0.516. The van der Waals surface area contributed by atoms with Crippen LogP contribution < -0.4 is 4.74 Å². The number of aromatic hydroxyl groups is 1. The number of piperidine rings is 1. The molecule has 214 valence electrons. The molecule has 2 bridgehead atoms. The van der Waals surface area contributed by atoms with Gasteiger partial charge >= 0.3 is 6.18 Å². The molecule has 0 aromatic heterocycles. The molecule has 6 rings (SSSR count). The van der Waals surface area contributed by atoms with Crippen molar-refractivity contribution in [1.82, 2.24) is 9.80 Å². The molecule has 2 aliphatic carbocycles. The molecule has 5 atom stereocenters. The van der Waals surface area contributed by atoms with E-state index in [4.69, 9.17) is 4.74 Å². The van der Waals surface area contributed by atoms with Crippen molar-refractivity contribution in [2.45, 2.75) is 74.9 Å². The molecular weight excluding hydrogens is 521 g/mol. The average Bonchev–Trinajstić information content (AvgIpc) is 3.25. The van der Waals surface area contributed by atoms with E-state index in [0.717, 1.165) is 29.8 Å². The third-order valence-corrected chi connectivity index (χ3v) is 9.60. The van der Waals surface area contributed by atoms with Crippen molar-refractivity contribution in [3.8, 4) is 11.5 Å². The van der Waals surface area contributed by atoms with Crippen molar-refractivity contribution >= 4 is 12.0 Å². The van der Waals surface area contributed by atoms with E-state index in [2.05, 4.69) is 4.90 Å². The van der Waals surface area contributed by atoms with Crippen LogP contribution in [0.4, 0.5) is 13.2 Å². The van der Waals surface area contributed by atoms with Crippen LogP contribution in [0.3, 0.4) is 0 Å². The van der Waals surface area contributed by atoms with E-state index in [1.165, 1.54) is 24.3 Å². The molecular formula is C31H35F3N2O4. The predicted octanol–water partition coefficient (Wildman–Crippen LogP) is 4.76. The lowest BCUT2D eigenvalue weighted by Gasteiger charge is -2.64. The van der Waals surface area contributed by atoms with Crippen molar-refractivity contribution in [1.29, 1.82) is 0 Å². The summed E-state index contributed by atoms with van der Waals surface area (Å²) in [7, 11) is 2.04. The minimum atomic E-state index is -4.42. The number of aliphatic hydroxyl groups is 1. The highest BCUT2D eigenvalue weighted by molar-refractivity contribution is 5.92. The number of likely N-dealkylation sites (N-methyl/N-ethyl adjacent to an activating group) is 1. The molecule has 2 heterocycles. The number of likely N-dealkylation sites (tertiary alicyclic amines) is 1. The van der Waals surface area contributed by atoms with Crippen molar-refractivity contribution in [2.75, 3.05) is 20.1 Å². The minimum Gasteiger partial charge on any atom is -0.504 e. The summed E-state index contributed by atoms with van der Waals surface area (Å²) in [5.74, 6) is 0.355. The summed E-state index contributed by atoms with van der Waals surface area (Å²) in [4.78, 5) is 17.8. The smallest absolute Gasteiger partial charge is 0.416 e. The lowest BCUT2D eigenvalue weighted by Crippen LogP contribution is -2.78. The standard InChI is InChI=1S/C31H35F3N2O4/c1-18(2)17-36(25(38)11-6-19-4-8-21(9-5-19)31(32,33)34)22-12-13-30(39)24-16-20-7-10-23(37)27-26(20)29(30,28(22)40-27)14-15-35(24)3/h4-11,18,22,24,28,37,39H,12-17H2,1-3H3/b11-6+/t22?,24-,28?,29+,30-/m1/s1.